The zero-order chi connectivity index (χ0) is 21.8. The fourth-order valence-electron chi connectivity index (χ4n) is 3.56. The molecule has 0 fully saturated rings. The van der Waals surface area contributed by atoms with Crippen LogP contribution in [-0.2, 0) is 9.84 Å². The number of hydrogen-bond acceptors (Lipinski definition) is 7. The molecule has 4 aromatic rings. The van der Waals surface area contributed by atoms with Gasteiger partial charge in [-0.3, -0.25) is 4.79 Å². The van der Waals surface area contributed by atoms with Gasteiger partial charge in [-0.1, -0.05) is 30.3 Å². The molecule has 1 aliphatic heterocycles. The van der Waals surface area contributed by atoms with Gasteiger partial charge in [-0.25, -0.2) is 13.4 Å². The van der Waals surface area contributed by atoms with Crippen molar-refractivity contribution in [3.8, 4) is 6.07 Å². The number of fused-ring (bicyclic) bond motifs is 3. The van der Waals surface area contributed by atoms with Crippen LogP contribution in [0.3, 0.4) is 0 Å². The Labute approximate surface area is 181 Å². The minimum atomic E-state index is -3.96. The topological polar surface area (TPSA) is 108 Å². The molecule has 1 aromatic heterocycles. The van der Waals surface area contributed by atoms with Gasteiger partial charge in [-0.15, -0.1) is 11.3 Å². The maximum absolute atomic E-state index is 13.1. The Balaban J connectivity index is 1.69. The predicted molar refractivity (Wildman–Crippen MR) is 116 cm³/mol. The van der Waals surface area contributed by atoms with E-state index in [1.165, 1.54) is 41.7 Å². The van der Waals surface area contributed by atoms with Crippen LogP contribution >= 0.6 is 11.3 Å². The number of allylic oxidation sites excluding steroid dienone is 1. The zero-order valence-corrected chi connectivity index (χ0v) is 17.4. The van der Waals surface area contributed by atoms with Gasteiger partial charge in [0.1, 0.15) is 22.4 Å². The van der Waals surface area contributed by atoms with E-state index in [9.17, 15) is 23.6 Å². The molecule has 6 nitrogen and oxygen atoms in total. The molecule has 1 N–H and O–H groups in total. The summed E-state index contributed by atoms with van der Waals surface area (Å²) < 4.78 is 27.1. The van der Waals surface area contributed by atoms with E-state index >= 15 is 0 Å². The van der Waals surface area contributed by atoms with Gasteiger partial charge >= 0.3 is 0 Å². The van der Waals surface area contributed by atoms with Crippen LogP contribution in [0.2, 0.25) is 0 Å². The number of nitrogens with zero attached hydrogens (tertiary/aromatic N) is 2. The number of thiazole rings is 1. The maximum Gasteiger partial charge on any atom is 0.208 e. The average Bonchev–Trinajstić information content (AvgIpc) is 3.21. The lowest BCUT2D eigenvalue weighted by atomic mass is 10.00. The fourth-order valence-corrected chi connectivity index (χ4v) is 6.20. The summed E-state index contributed by atoms with van der Waals surface area (Å²) in [7, 11) is -3.96. The first-order chi connectivity index (χ1) is 14.9. The van der Waals surface area contributed by atoms with Crippen molar-refractivity contribution < 1.29 is 18.3 Å². The number of nitriles is 1. The van der Waals surface area contributed by atoms with E-state index in [-0.39, 0.29) is 32.1 Å². The highest BCUT2D eigenvalue weighted by molar-refractivity contribution is 7.91. The first-order valence-corrected chi connectivity index (χ1v) is 11.4. The van der Waals surface area contributed by atoms with Gasteiger partial charge in [-0.05, 0) is 36.4 Å². The molecule has 31 heavy (non-hydrogen) atoms. The Morgan fingerprint density at radius 3 is 2.45 bits per heavy atom. The van der Waals surface area contributed by atoms with Crippen molar-refractivity contribution in [1.29, 1.82) is 5.26 Å². The quantitative estimate of drug-likeness (QED) is 0.314. The number of para-hydroxylation sites is 1. The summed E-state index contributed by atoms with van der Waals surface area (Å²) in [5.41, 5.74) is 0.896. The predicted octanol–water partition coefficient (Wildman–Crippen LogP) is 4.62. The molecule has 0 amide bonds. The van der Waals surface area contributed by atoms with Gasteiger partial charge in [0, 0.05) is 16.7 Å². The third-order valence-electron chi connectivity index (χ3n) is 5.07. The lowest BCUT2D eigenvalue weighted by Gasteiger charge is -2.19. The fraction of sp³-hybridized carbons (Fsp3) is 0. The van der Waals surface area contributed by atoms with Crippen molar-refractivity contribution in [3.05, 3.63) is 88.4 Å². The zero-order valence-electron chi connectivity index (χ0n) is 15.7. The van der Waals surface area contributed by atoms with Gasteiger partial charge in [-0.2, -0.15) is 5.26 Å². The van der Waals surface area contributed by atoms with E-state index in [0.717, 1.165) is 4.70 Å². The van der Waals surface area contributed by atoms with Crippen LogP contribution in [0, 0.1) is 11.3 Å². The van der Waals surface area contributed by atoms with E-state index < -0.39 is 21.4 Å². The van der Waals surface area contributed by atoms with Crippen LogP contribution in [0.1, 0.15) is 26.5 Å². The summed E-state index contributed by atoms with van der Waals surface area (Å²) in [5, 5.41) is 20.8. The second-order valence-electron chi connectivity index (χ2n) is 6.86. The number of carbonyl (C=O) groups excluding carboxylic acids is 1. The second-order valence-corrected chi connectivity index (χ2v) is 9.78. The Morgan fingerprint density at radius 2 is 1.68 bits per heavy atom. The molecule has 0 aliphatic carbocycles. The molecule has 5 rings (SSSR count). The van der Waals surface area contributed by atoms with Gasteiger partial charge < -0.3 is 5.11 Å². The van der Waals surface area contributed by atoms with E-state index in [4.69, 9.17) is 0 Å². The lowest BCUT2D eigenvalue weighted by Crippen LogP contribution is -2.20. The minimum absolute atomic E-state index is 0.0359. The van der Waals surface area contributed by atoms with E-state index in [2.05, 4.69) is 4.98 Å². The summed E-state index contributed by atoms with van der Waals surface area (Å²) >= 11 is 1.25. The Morgan fingerprint density at radius 1 is 0.968 bits per heavy atom. The van der Waals surface area contributed by atoms with Crippen LogP contribution in [0.15, 0.2) is 76.5 Å². The lowest BCUT2D eigenvalue weighted by molar-refractivity contribution is 0.103. The van der Waals surface area contributed by atoms with Crippen LogP contribution < -0.4 is 0 Å². The van der Waals surface area contributed by atoms with Crippen molar-refractivity contribution in [2.24, 2.45) is 0 Å². The van der Waals surface area contributed by atoms with Crippen molar-refractivity contribution in [2.45, 2.75) is 9.79 Å². The van der Waals surface area contributed by atoms with E-state index in [1.54, 1.807) is 18.2 Å². The molecule has 0 unspecified atom stereocenters. The highest BCUT2D eigenvalue weighted by atomic mass is 32.2. The first-order valence-electron chi connectivity index (χ1n) is 9.14. The number of carbonyl (C=O) groups is 1. The molecule has 2 heterocycles. The van der Waals surface area contributed by atoms with Gasteiger partial charge in [0.15, 0.2) is 5.78 Å². The highest BCUT2D eigenvalue weighted by Crippen LogP contribution is 2.37. The Bertz CT molecular complexity index is 1560. The summed E-state index contributed by atoms with van der Waals surface area (Å²) in [4.78, 5) is 16.9. The van der Waals surface area contributed by atoms with Crippen molar-refractivity contribution in [2.75, 3.05) is 0 Å². The normalized spacial score (nSPS) is 15.0. The van der Waals surface area contributed by atoms with Crippen LogP contribution in [0.5, 0.6) is 0 Å². The van der Waals surface area contributed by atoms with E-state index in [0.29, 0.717) is 10.5 Å². The molecular weight excluding hydrogens is 432 g/mol. The SMILES string of the molecule is N#CC(=C(O)c1ccc2c(c1)S(=O)(=O)c1ccccc1C2=O)c1nc2ccccc2s1. The van der Waals surface area contributed by atoms with Gasteiger partial charge in [0.25, 0.3) is 0 Å². The molecule has 3 aromatic carbocycles. The van der Waals surface area contributed by atoms with Crippen molar-refractivity contribution in [1.82, 2.24) is 4.98 Å². The van der Waals surface area contributed by atoms with Crippen molar-refractivity contribution in [3.63, 3.8) is 0 Å². The molecule has 1 aliphatic rings. The number of rotatable bonds is 2. The Hall–Kier alpha value is -3.80. The van der Waals surface area contributed by atoms with Crippen LogP contribution in [0.4, 0.5) is 0 Å². The first kappa shape index (κ1) is 19.2. The Kier molecular flexibility index (Phi) is 4.25. The van der Waals surface area contributed by atoms with E-state index in [1.807, 2.05) is 24.3 Å². The maximum atomic E-state index is 13.1. The molecule has 0 spiro atoms. The number of hydrogen-bond donors (Lipinski definition) is 1. The van der Waals surface area contributed by atoms with Gasteiger partial charge in [0.2, 0.25) is 9.84 Å². The van der Waals surface area contributed by atoms with Gasteiger partial charge in [0.05, 0.1) is 20.0 Å². The smallest absolute Gasteiger partial charge is 0.208 e. The minimum Gasteiger partial charge on any atom is -0.506 e. The number of benzene rings is 3. The average molecular weight is 444 g/mol. The second kappa shape index (κ2) is 6.87. The molecule has 0 radical (unpaired) electrons. The molecule has 8 heteroatoms. The van der Waals surface area contributed by atoms with Crippen LogP contribution in [0.25, 0.3) is 21.5 Å². The number of ketones is 1. The molecule has 0 saturated carbocycles. The molecule has 0 atom stereocenters. The third-order valence-corrected chi connectivity index (χ3v) is 7.97. The molecular formula is C23H12N2O4S2. The largest absolute Gasteiger partial charge is 0.506 e. The summed E-state index contributed by atoms with van der Waals surface area (Å²) in [5.74, 6) is -0.798. The monoisotopic (exact) mass is 444 g/mol. The number of aliphatic hydroxyl groups excluding tert-OH is 1. The summed E-state index contributed by atoms with van der Waals surface area (Å²) in [6.07, 6.45) is 0. The summed E-state index contributed by atoms with van der Waals surface area (Å²) in [6.45, 7) is 0. The van der Waals surface area contributed by atoms with Crippen LogP contribution in [-0.4, -0.2) is 24.3 Å². The summed E-state index contributed by atoms with van der Waals surface area (Å²) in [6, 6.07) is 19.4. The standard InChI is InChI=1S/C23H12N2O4S2/c24-12-16(23-25-17-6-2-3-7-18(17)30-23)21(26)13-9-10-15-20(11-13)31(28,29)19-8-4-1-5-14(19)22(15)27/h1-11,26H. The molecule has 0 saturated heterocycles. The number of aliphatic hydroxyl groups is 1. The molecule has 0 bridgehead atoms. The number of sulfone groups is 1. The van der Waals surface area contributed by atoms with Crippen molar-refractivity contribution >= 4 is 48.5 Å². The highest BCUT2D eigenvalue weighted by Gasteiger charge is 2.35. The third kappa shape index (κ3) is 2.86. The number of aromatic nitrogens is 1. The molecule has 150 valence electrons.